The lowest BCUT2D eigenvalue weighted by Crippen LogP contribution is -2.45. The number of carbonyl (C=O) groups excluding carboxylic acids is 1. The summed E-state index contributed by atoms with van der Waals surface area (Å²) in [4.78, 5) is 13.1. The van der Waals surface area contributed by atoms with E-state index in [1.54, 1.807) is 9.21 Å². The lowest BCUT2D eigenvalue weighted by Gasteiger charge is -2.33. The molecule has 6 heteroatoms. The van der Waals surface area contributed by atoms with Crippen molar-refractivity contribution in [3.05, 3.63) is 12.7 Å². The minimum atomic E-state index is -3.15. The molecule has 0 spiro atoms. The van der Waals surface area contributed by atoms with E-state index in [4.69, 9.17) is 0 Å². The largest absolute Gasteiger partial charge is 0.339 e. The minimum absolute atomic E-state index is 0.105. The van der Waals surface area contributed by atoms with Gasteiger partial charge in [0.1, 0.15) is 0 Å². The summed E-state index contributed by atoms with van der Waals surface area (Å²) in [6.07, 6.45) is 4.30. The molecule has 0 aromatic rings. The van der Waals surface area contributed by atoms with E-state index < -0.39 is 10.0 Å². The van der Waals surface area contributed by atoms with Crippen LogP contribution in [-0.4, -0.2) is 55.0 Å². The quantitative estimate of drug-likeness (QED) is 0.707. The maximum atomic E-state index is 12.3. The maximum Gasteiger partial charge on any atom is 0.245 e. The number of carbonyl (C=O) groups is 1. The number of amides is 1. The van der Waals surface area contributed by atoms with Gasteiger partial charge in [-0.25, -0.2) is 12.7 Å². The predicted molar refractivity (Wildman–Crippen MR) is 69.5 cm³/mol. The second-order valence-electron chi connectivity index (χ2n) is 4.88. The van der Waals surface area contributed by atoms with Crippen LogP contribution in [0.1, 0.15) is 25.7 Å². The SMILES string of the molecule is C=CC(=O)N1CCC(S(=O)(=O)N2CCCC2)CC1. The average Bonchev–Trinajstić information content (AvgIpc) is 2.92. The van der Waals surface area contributed by atoms with Crippen molar-refractivity contribution in [2.24, 2.45) is 0 Å². The molecule has 0 atom stereocenters. The number of rotatable bonds is 3. The van der Waals surface area contributed by atoms with Crippen LogP contribution in [0.25, 0.3) is 0 Å². The molecule has 0 unspecified atom stereocenters. The van der Waals surface area contributed by atoms with Gasteiger partial charge in [0.05, 0.1) is 5.25 Å². The van der Waals surface area contributed by atoms with E-state index in [1.165, 1.54) is 6.08 Å². The number of sulfonamides is 1. The molecule has 102 valence electrons. The smallest absolute Gasteiger partial charge is 0.245 e. The highest BCUT2D eigenvalue weighted by atomic mass is 32.2. The van der Waals surface area contributed by atoms with Crippen LogP contribution >= 0.6 is 0 Å². The summed E-state index contributed by atoms with van der Waals surface area (Å²) in [6.45, 7) is 5.80. The zero-order valence-corrected chi connectivity index (χ0v) is 11.4. The van der Waals surface area contributed by atoms with Crippen LogP contribution in [0.15, 0.2) is 12.7 Å². The number of nitrogens with zero attached hydrogens (tertiary/aromatic N) is 2. The number of piperidine rings is 1. The highest BCUT2D eigenvalue weighted by Gasteiger charge is 2.36. The summed E-state index contributed by atoms with van der Waals surface area (Å²) in [5.41, 5.74) is 0. The Morgan fingerprint density at radius 2 is 1.67 bits per heavy atom. The number of hydrogen-bond donors (Lipinski definition) is 0. The van der Waals surface area contributed by atoms with Gasteiger partial charge in [0.25, 0.3) is 0 Å². The number of likely N-dealkylation sites (tertiary alicyclic amines) is 1. The third-order valence-electron chi connectivity index (χ3n) is 3.77. The van der Waals surface area contributed by atoms with Crippen molar-refractivity contribution in [3.63, 3.8) is 0 Å². The molecule has 0 aromatic carbocycles. The van der Waals surface area contributed by atoms with E-state index in [9.17, 15) is 13.2 Å². The van der Waals surface area contributed by atoms with Gasteiger partial charge in [-0.3, -0.25) is 4.79 Å². The van der Waals surface area contributed by atoms with E-state index in [1.807, 2.05) is 0 Å². The fourth-order valence-corrected chi connectivity index (χ4v) is 4.65. The summed E-state index contributed by atoms with van der Waals surface area (Å²) in [5.74, 6) is -0.105. The molecule has 2 fully saturated rings. The Labute approximate surface area is 108 Å². The monoisotopic (exact) mass is 272 g/mol. The summed E-state index contributed by atoms with van der Waals surface area (Å²) in [6, 6.07) is 0. The lowest BCUT2D eigenvalue weighted by atomic mass is 10.1. The topological polar surface area (TPSA) is 57.7 Å². The first-order valence-electron chi connectivity index (χ1n) is 6.46. The molecule has 2 heterocycles. The molecule has 0 bridgehead atoms. The Balaban J connectivity index is 1.96. The Morgan fingerprint density at radius 3 is 2.17 bits per heavy atom. The predicted octanol–water partition coefficient (Wildman–Crippen LogP) is 0.589. The van der Waals surface area contributed by atoms with E-state index in [2.05, 4.69) is 6.58 Å². The van der Waals surface area contributed by atoms with Crippen LogP contribution in [0.4, 0.5) is 0 Å². The molecular formula is C12H20N2O3S. The molecule has 5 nitrogen and oxygen atoms in total. The van der Waals surface area contributed by atoms with Crippen LogP contribution in [0.2, 0.25) is 0 Å². The fraction of sp³-hybridized carbons (Fsp3) is 0.750. The summed E-state index contributed by atoms with van der Waals surface area (Å²) >= 11 is 0. The van der Waals surface area contributed by atoms with Crippen molar-refractivity contribution in [1.82, 2.24) is 9.21 Å². The van der Waals surface area contributed by atoms with Gasteiger partial charge in [0.15, 0.2) is 0 Å². The highest BCUT2D eigenvalue weighted by Crippen LogP contribution is 2.24. The van der Waals surface area contributed by atoms with Gasteiger partial charge in [-0.15, -0.1) is 0 Å². The van der Waals surface area contributed by atoms with Crippen LogP contribution < -0.4 is 0 Å². The van der Waals surface area contributed by atoms with Crippen molar-refractivity contribution in [1.29, 1.82) is 0 Å². The van der Waals surface area contributed by atoms with Gasteiger partial charge < -0.3 is 4.90 Å². The molecule has 0 aliphatic carbocycles. The van der Waals surface area contributed by atoms with Gasteiger partial charge >= 0.3 is 0 Å². The van der Waals surface area contributed by atoms with Crippen molar-refractivity contribution in [2.75, 3.05) is 26.2 Å². The first-order valence-corrected chi connectivity index (χ1v) is 7.96. The molecule has 2 saturated heterocycles. The fourth-order valence-electron chi connectivity index (χ4n) is 2.66. The van der Waals surface area contributed by atoms with Crippen LogP contribution in [0.3, 0.4) is 0 Å². The third-order valence-corrected chi connectivity index (χ3v) is 6.17. The molecule has 2 aliphatic heterocycles. The van der Waals surface area contributed by atoms with Gasteiger partial charge in [0.2, 0.25) is 15.9 Å². The Kier molecular flexibility index (Phi) is 4.07. The van der Waals surface area contributed by atoms with E-state index in [-0.39, 0.29) is 11.2 Å². The molecule has 0 N–H and O–H groups in total. The van der Waals surface area contributed by atoms with E-state index >= 15 is 0 Å². The van der Waals surface area contributed by atoms with Gasteiger partial charge in [0, 0.05) is 26.2 Å². The Morgan fingerprint density at radius 1 is 1.11 bits per heavy atom. The summed E-state index contributed by atoms with van der Waals surface area (Å²) in [5, 5.41) is -0.315. The van der Waals surface area contributed by atoms with Crippen molar-refractivity contribution >= 4 is 15.9 Å². The van der Waals surface area contributed by atoms with Crippen molar-refractivity contribution in [3.8, 4) is 0 Å². The van der Waals surface area contributed by atoms with Gasteiger partial charge in [-0.1, -0.05) is 6.58 Å². The van der Waals surface area contributed by atoms with E-state index in [0.29, 0.717) is 39.0 Å². The van der Waals surface area contributed by atoms with Crippen LogP contribution in [-0.2, 0) is 14.8 Å². The summed E-state index contributed by atoms with van der Waals surface area (Å²) in [7, 11) is -3.15. The van der Waals surface area contributed by atoms with Crippen LogP contribution in [0.5, 0.6) is 0 Å². The standard InChI is InChI=1S/C12H20N2O3S/c1-2-12(15)13-9-5-11(6-10-13)18(16,17)14-7-3-4-8-14/h2,11H,1,3-10H2. The van der Waals surface area contributed by atoms with Gasteiger partial charge in [-0.2, -0.15) is 0 Å². The van der Waals surface area contributed by atoms with E-state index in [0.717, 1.165) is 12.8 Å². The normalized spacial score (nSPS) is 23.2. The second kappa shape index (κ2) is 5.40. The zero-order valence-electron chi connectivity index (χ0n) is 10.5. The Hall–Kier alpha value is -0.880. The molecule has 18 heavy (non-hydrogen) atoms. The van der Waals surface area contributed by atoms with Crippen LogP contribution in [0, 0.1) is 0 Å². The van der Waals surface area contributed by atoms with Gasteiger partial charge in [-0.05, 0) is 31.8 Å². The molecule has 0 radical (unpaired) electrons. The molecule has 0 aromatic heterocycles. The molecule has 1 amide bonds. The zero-order chi connectivity index (χ0) is 13.2. The van der Waals surface area contributed by atoms with Crippen molar-refractivity contribution < 1.29 is 13.2 Å². The third kappa shape index (κ3) is 2.59. The second-order valence-corrected chi connectivity index (χ2v) is 7.09. The molecule has 2 rings (SSSR count). The highest BCUT2D eigenvalue weighted by molar-refractivity contribution is 7.89. The first kappa shape index (κ1) is 13.5. The first-order chi connectivity index (χ1) is 8.55. The lowest BCUT2D eigenvalue weighted by molar-refractivity contribution is -0.126. The Bertz CT molecular complexity index is 419. The molecule has 0 saturated carbocycles. The average molecular weight is 272 g/mol. The van der Waals surface area contributed by atoms with Crippen molar-refractivity contribution in [2.45, 2.75) is 30.9 Å². The summed E-state index contributed by atoms with van der Waals surface area (Å²) < 4.78 is 26.3. The number of hydrogen-bond acceptors (Lipinski definition) is 3. The maximum absolute atomic E-state index is 12.3. The molecule has 2 aliphatic rings. The molecular weight excluding hydrogens is 252 g/mol. The minimum Gasteiger partial charge on any atom is -0.339 e.